The number of piperazine rings is 1. The number of alkyl halides is 3. The molecule has 110 valence electrons. The normalized spacial score (nSPS) is 25.0. The largest absolute Gasteiger partial charge is 0.481 e. The Labute approximate surface area is 109 Å². The highest BCUT2D eigenvalue weighted by atomic mass is 19.4. The third kappa shape index (κ3) is 3.58. The van der Waals surface area contributed by atoms with E-state index in [4.69, 9.17) is 5.11 Å². The molecule has 2 aliphatic heterocycles. The van der Waals surface area contributed by atoms with Gasteiger partial charge in [-0.3, -0.25) is 14.6 Å². The Morgan fingerprint density at radius 3 is 2.16 bits per heavy atom. The molecule has 0 saturated carbocycles. The molecule has 0 aromatic carbocycles. The van der Waals surface area contributed by atoms with E-state index in [1.807, 2.05) is 4.90 Å². The number of nitrogens with zero attached hydrogens (tertiary/aromatic N) is 2. The van der Waals surface area contributed by atoms with Crippen LogP contribution >= 0.6 is 0 Å². The molecule has 0 aromatic heterocycles. The van der Waals surface area contributed by atoms with E-state index in [1.54, 1.807) is 0 Å². The molecule has 0 aliphatic carbocycles. The predicted molar refractivity (Wildman–Crippen MR) is 61.9 cm³/mol. The van der Waals surface area contributed by atoms with E-state index in [1.165, 1.54) is 4.90 Å². The molecule has 19 heavy (non-hydrogen) atoms. The van der Waals surface area contributed by atoms with Crippen LogP contribution in [0.4, 0.5) is 13.2 Å². The van der Waals surface area contributed by atoms with Crippen LogP contribution in [0.3, 0.4) is 0 Å². The Balaban J connectivity index is 1.87. The minimum Gasteiger partial charge on any atom is -0.481 e. The number of halogens is 3. The average Bonchev–Trinajstić information content (AvgIpc) is 2.22. The van der Waals surface area contributed by atoms with Gasteiger partial charge in [0.25, 0.3) is 0 Å². The van der Waals surface area contributed by atoms with E-state index in [0.29, 0.717) is 39.3 Å². The van der Waals surface area contributed by atoms with E-state index >= 15 is 0 Å². The summed E-state index contributed by atoms with van der Waals surface area (Å²) in [7, 11) is 0. The van der Waals surface area contributed by atoms with Crippen LogP contribution in [0.15, 0.2) is 0 Å². The van der Waals surface area contributed by atoms with Crippen LogP contribution in [0.2, 0.25) is 0 Å². The maximum atomic E-state index is 12.3. The average molecular weight is 281 g/mol. The van der Waals surface area contributed by atoms with Crippen LogP contribution in [0, 0.1) is 0 Å². The fraction of sp³-hybridized carbons (Fsp3) is 0.909. The summed E-state index contributed by atoms with van der Waals surface area (Å²) in [6, 6.07) is 0. The predicted octanol–water partition coefficient (Wildman–Crippen LogP) is -0.0170. The quantitative estimate of drug-likeness (QED) is 0.759. The molecule has 2 fully saturated rings. The Kier molecular flexibility index (Phi) is 4.03. The van der Waals surface area contributed by atoms with Gasteiger partial charge in [-0.1, -0.05) is 0 Å². The lowest BCUT2D eigenvalue weighted by Crippen LogP contribution is -2.72. The highest BCUT2D eigenvalue weighted by Gasteiger charge is 2.45. The summed E-state index contributed by atoms with van der Waals surface area (Å²) in [4.78, 5) is 14.3. The van der Waals surface area contributed by atoms with Crippen LogP contribution in [-0.4, -0.2) is 78.4 Å². The van der Waals surface area contributed by atoms with Gasteiger partial charge in [0.05, 0.1) is 18.5 Å². The number of carboxylic acid groups (broad SMARTS) is 1. The lowest BCUT2D eigenvalue weighted by molar-refractivity contribution is -0.153. The van der Waals surface area contributed by atoms with Crippen molar-refractivity contribution < 1.29 is 23.1 Å². The number of hydrogen-bond donors (Lipinski definition) is 2. The Hall–Kier alpha value is -0.860. The molecule has 0 amide bonds. The standard InChI is InChI=1S/C11H18F3N3O2/c12-11(13,14)8-16-1-3-17(4-2-16)10(5-9(18)19)6-15-7-10/h15H,1-8H2,(H,18,19). The fourth-order valence-corrected chi connectivity index (χ4v) is 2.79. The highest BCUT2D eigenvalue weighted by Crippen LogP contribution is 2.27. The summed E-state index contributed by atoms with van der Waals surface area (Å²) in [6.07, 6.45) is -4.13. The first-order valence-corrected chi connectivity index (χ1v) is 6.27. The summed E-state index contributed by atoms with van der Waals surface area (Å²) in [6.45, 7) is 1.96. The van der Waals surface area contributed by atoms with Crippen molar-refractivity contribution in [2.24, 2.45) is 0 Å². The van der Waals surface area contributed by atoms with Gasteiger partial charge < -0.3 is 10.4 Å². The van der Waals surface area contributed by atoms with Gasteiger partial charge in [-0.25, -0.2) is 0 Å². The second kappa shape index (κ2) is 5.26. The van der Waals surface area contributed by atoms with E-state index in [0.717, 1.165) is 0 Å². The van der Waals surface area contributed by atoms with Crippen LogP contribution in [0.25, 0.3) is 0 Å². The summed E-state index contributed by atoms with van der Waals surface area (Å²) in [5, 5.41) is 12.0. The van der Waals surface area contributed by atoms with Gasteiger partial charge in [0.1, 0.15) is 0 Å². The highest BCUT2D eigenvalue weighted by molar-refractivity contribution is 5.68. The molecular weight excluding hydrogens is 263 g/mol. The van der Waals surface area contributed by atoms with Crippen LogP contribution in [-0.2, 0) is 4.79 Å². The minimum absolute atomic E-state index is 0.0409. The third-order valence-electron chi connectivity index (χ3n) is 3.83. The van der Waals surface area contributed by atoms with Gasteiger partial charge in [-0.2, -0.15) is 13.2 Å². The van der Waals surface area contributed by atoms with Crippen molar-refractivity contribution in [3.63, 3.8) is 0 Å². The molecule has 2 N–H and O–H groups in total. The van der Waals surface area contributed by atoms with Crippen molar-refractivity contribution in [2.45, 2.75) is 18.1 Å². The van der Waals surface area contributed by atoms with Crippen molar-refractivity contribution in [2.75, 3.05) is 45.8 Å². The van der Waals surface area contributed by atoms with Crippen LogP contribution < -0.4 is 5.32 Å². The summed E-state index contributed by atoms with van der Waals surface area (Å²) in [5.74, 6) is -0.862. The number of aliphatic carboxylic acids is 1. The van der Waals surface area contributed by atoms with Gasteiger partial charge >= 0.3 is 12.1 Å². The van der Waals surface area contributed by atoms with Crippen molar-refractivity contribution in [1.29, 1.82) is 0 Å². The first kappa shape index (κ1) is 14.5. The van der Waals surface area contributed by atoms with Crippen molar-refractivity contribution in [1.82, 2.24) is 15.1 Å². The maximum absolute atomic E-state index is 12.3. The second-order valence-electron chi connectivity index (χ2n) is 5.28. The molecular formula is C11H18F3N3O2. The van der Waals surface area contributed by atoms with Crippen LogP contribution in [0.5, 0.6) is 0 Å². The molecule has 2 saturated heterocycles. The zero-order valence-electron chi connectivity index (χ0n) is 10.5. The SMILES string of the molecule is O=C(O)CC1(N2CCN(CC(F)(F)F)CC2)CNC1. The molecule has 5 nitrogen and oxygen atoms in total. The first-order valence-electron chi connectivity index (χ1n) is 6.27. The lowest BCUT2D eigenvalue weighted by atomic mass is 9.86. The molecule has 0 spiro atoms. The summed E-state index contributed by atoms with van der Waals surface area (Å²) >= 11 is 0. The third-order valence-corrected chi connectivity index (χ3v) is 3.83. The molecule has 2 heterocycles. The molecule has 8 heteroatoms. The molecule has 0 unspecified atom stereocenters. The Bertz CT molecular complexity index is 337. The van der Waals surface area contributed by atoms with E-state index in [9.17, 15) is 18.0 Å². The topological polar surface area (TPSA) is 55.8 Å². The zero-order chi connectivity index (χ0) is 14.1. The fourth-order valence-electron chi connectivity index (χ4n) is 2.79. The number of carbonyl (C=O) groups is 1. The van der Waals surface area contributed by atoms with Gasteiger partial charge in [0.2, 0.25) is 0 Å². The Morgan fingerprint density at radius 1 is 1.21 bits per heavy atom. The van der Waals surface area contributed by atoms with Crippen molar-refractivity contribution in [3.8, 4) is 0 Å². The van der Waals surface area contributed by atoms with Crippen LogP contribution in [0.1, 0.15) is 6.42 Å². The first-order chi connectivity index (χ1) is 8.81. The summed E-state index contributed by atoms with van der Waals surface area (Å²) in [5.41, 5.74) is -0.407. The van der Waals surface area contributed by atoms with E-state index in [2.05, 4.69) is 5.32 Å². The Morgan fingerprint density at radius 2 is 1.79 bits per heavy atom. The number of hydrogen-bond acceptors (Lipinski definition) is 4. The van der Waals surface area contributed by atoms with Gasteiger partial charge in [0, 0.05) is 39.3 Å². The minimum atomic E-state index is -4.17. The van der Waals surface area contributed by atoms with Gasteiger partial charge in [0.15, 0.2) is 0 Å². The number of rotatable bonds is 4. The molecule has 2 rings (SSSR count). The number of nitrogens with one attached hydrogen (secondary N) is 1. The summed E-state index contributed by atoms with van der Waals surface area (Å²) < 4.78 is 36.8. The van der Waals surface area contributed by atoms with Crippen molar-refractivity contribution >= 4 is 5.97 Å². The zero-order valence-corrected chi connectivity index (χ0v) is 10.5. The lowest BCUT2D eigenvalue weighted by Gasteiger charge is -2.52. The second-order valence-corrected chi connectivity index (χ2v) is 5.28. The molecule has 0 bridgehead atoms. The maximum Gasteiger partial charge on any atom is 0.401 e. The molecule has 0 radical (unpaired) electrons. The van der Waals surface area contributed by atoms with Gasteiger partial charge in [-0.15, -0.1) is 0 Å². The van der Waals surface area contributed by atoms with E-state index in [-0.39, 0.29) is 6.42 Å². The molecule has 0 atom stereocenters. The smallest absolute Gasteiger partial charge is 0.401 e. The van der Waals surface area contributed by atoms with Gasteiger partial charge in [-0.05, 0) is 0 Å². The monoisotopic (exact) mass is 281 g/mol. The van der Waals surface area contributed by atoms with E-state index < -0.39 is 24.2 Å². The molecule has 2 aliphatic rings. The number of carboxylic acids is 1. The molecule has 0 aromatic rings. The van der Waals surface area contributed by atoms with Crippen molar-refractivity contribution in [3.05, 3.63) is 0 Å².